The molecule has 0 bridgehead atoms. The van der Waals surface area contributed by atoms with Gasteiger partial charge in [-0.15, -0.1) is 0 Å². The molecule has 0 atom stereocenters. The summed E-state index contributed by atoms with van der Waals surface area (Å²) in [5.74, 6) is -0.945. The number of oxazole rings is 1. The van der Waals surface area contributed by atoms with Gasteiger partial charge in [-0.25, -0.2) is 9.37 Å². The van der Waals surface area contributed by atoms with Crippen LogP contribution in [0.25, 0.3) is 11.5 Å². The van der Waals surface area contributed by atoms with Crippen molar-refractivity contribution in [3.8, 4) is 11.5 Å². The van der Waals surface area contributed by atoms with Gasteiger partial charge in [-0.05, 0) is 19.1 Å². The van der Waals surface area contributed by atoms with Crippen molar-refractivity contribution in [2.45, 2.75) is 13.3 Å². The van der Waals surface area contributed by atoms with Crippen molar-refractivity contribution in [1.82, 2.24) is 4.98 Å². The molecular formula is C12H10FNO3. The van der Waals surface area contributed by atoms with E-state index in [-0.39, 0.29) is 17.9 Å². The third kappa shape index (κ3) is 2.33. The molecule has 0 radical (unpaired) electrons. The highest BCUT2D eigenvalue weighted by molar-refractivity contribution is 5.70. The lowest BCUT2D eigenvalue weighted by Gasteiger charge is -1.95. The molecule has 0 unspecified atom stereocenters. The first-order valence-electron chi connectivity index (χ1n) is 5.01. The predicted molar refractivity (Wildman–Crippen MR) is 58.0 cm³/mol. The quantitative estimate of drug-likeness (QED) is 0.887. The Morgan fingerprint density at radius 3 is 2.82 bits per heavy atom. The van der Waals surface area contributed by atoms with E-state index < -0.39 is 11.8 Å². The largest absolute Gasteiger partial charge is 0.481 e. The summed E-state index contributed by atoms with van der Waals surface area (Å²) in [6.07, 6.45) is -0.232. The fourth-order valence-electron chi connectivity index (χ4n) is 1.49. The molecule has 2 rings (SSSR count). The number of carbonyl (C=O) groups is 1. The molecule has 1 aromatic carbocycles. The SMILES string of the molecule is Cc1oc(-c2ccccc2F)nc1CC(=O)O. The van der Waals surface area contributed by atoms with E-state index in [4.69, 9.17) is 9.52 Å². The van der Waals surface area contributed by atoms with Crippen molar-refractivity contribution in [3.63, 3.8) is 0 Å². The summed E-state index contributed by atoms with van der Waals surface area (Å²) in [6, 6.07) is 6.05. The van der Waals surface area contributed by atoms with E-state index in [2.05, 4.69) is 4.98 Å². The first-order chi connectivity index (χ1) is 8.08. The molecule has 0 aliphatic heterocycles. The van der Waals surface area contributed by atoms with Gasteiger partial charge in [0, 0.05) is 0 Å². The summed E-state index contributed by atoms with van der Waals surface area (Å²) in [6.45, 7) is 1.61. The predicted octanol–water partition coefficient (Wildman–Crippen LogP) is 2.42. The molecule has 1 N–H and O–H groups in total. The van der Waals surface area contributed by atoms with E-state index in [1.807, 2.05) is 0 Å². The Hall–Kier alpha value is -2.17. The monoisotopic (exact) mass is 235 g/mol. The van der Waals surface area contributed by atoms with Crippen molar-refractivity contribution in [2.75, 3.05) is 0 Å². The zero-order valence-electron chi connectivity index (χ0n) is 9.11. The number of aryl methyl sites for hydroxylation is 1. The summed E-state index contributed by atoms with van der Waals surface area (Å²) >= 11 is 0. The summed E-state index contributed by atoms with van der Waals surface area (Å²) < 4.78 is 18.7. The number of halogens is 1. The highest BCUT2D eigenvalue weighted by atomic mass is 19.1. The van der Waals surface area contributed by atoms with E-state index in [1.165, 1.54) is 12.1 Å². The van der Waals surface area contributed by atoms with Crippen LogP contribution in [0.2, 0.25) is 0 Å². The minimum absolute atomic E-state index is 0.108. The number of hydrogen-bond donors (Lipinski definition) is 1. The Morgan fingerprint density at radius 2 is 2.18 bits per heavy atom. The number of carboxylic acid groups (broad SMARTS) is 1. The van der Waals surface area contributed by atoms with Crippen LogP contribution in [-0.2, 0) is 11.2 Å². The smallest absolute Gasteiger partial charge is 0.309 e. The van der Waals surface area contributed by atoms with Gasteiger partial charge in [0.25, 0.3) is 0 Å². The lowest BCUT2D eigenvalue weighted by Crippen LogP contribution is -2.01. The highest BCUT2D eigenvalue weighted by Gasteiger charge is 2.16. The molecule has 0 aliphatic rings. The van der Waals surface area contributed by atoms with Crippen molar-refractivity contribution in [3.05, 3.63) is 41.5 Å². The highest BCUT2D eigenvalue weighted by Crippen LogP contribution is 2.24. The molecule has 5 heteroatoms. The van der Waals surface area contributed by atoms with E-state index in [1.54, 1.807) is 19.1 Å². The first kappa shape index (κ1) is 11.3. The van der Waals surface area contributed by atoms with Crippen LogP contribution < -0.4 is 0 Å². The molecule has 88 valence electrons. The average Bonchev–Trinajstić information content (AvgIpc) is 2.60. The van der Waals surface area contributed by atoms with Gasteiger partial charge in [-0.1, -0.05) is 12.1 Å². The molecule has 0 amide bonds. The minimum atomic E-state index is -0.999. The molecule has 0 saturated carbocycles. The molecule has 0 saturated heterocycles. The number of aliphatic carboxylic acids is 1. The Balaban J connectivity index is 2.41. The van der Waals surface area contributed by atoms with Gasteiger partial charge in [0.05, 0.1) is 17.7 Å². The fourth-order valence-corrected chi connectivity index (χ4v) is 1.49. The topological polar surface area (TPSA) is 63.3 Å². The maximum absolute atomic E-state index is 13.5. The third-order valence-electron chi connectivity index (χ3n) is 2.32. The van der Waals surface area contributed by atoms with Gasteiger partial charge < -0.3 is 9.52 Å². The van der Waals surface area contributed by atoms with Crippen molar-refractivity contribution >= 4 is 5.97 Å². The summed E-state index contributed by atoms with van der Waals surface area (Å²) in [7, 11) is 0. The third-order valence-corrected chi connectivity index (χ3v) is 2.32. The molecule has 2 aromatic rings. The Kier molecular flexibility index (Phi) is 2.91. The number of hydrogen-bond acceptors (Lipinski definition) is 3. The second-order valence-electron chi connectivity index (χ2n) is 3.57. The number of carboxylic acids is 1. The zero-order chi connectivity index (χ0) is 12.4. The minimum Gasteiger partial charge on any atom is -0.481 e. The van der Waals surface area contributed by atoms with Gasteiger partial charge in [0.15, 0.2) is 0 Å². The Bertz CT molecular complexity index is 563. The molecule has 1 heterocycles. The maximum atomic E-state index is 13.5. The van der Waals surface area contributed by atoms with E-state index in [0.717, 1.165) is 0 Å². The van der Waals surface area contributed by atoms with Crippen molar-refractivity contribution < 1.29 is 18.7 Å². The van der Waals surface area contributed by atoms with Crippen LogP contribution in [0.15, 0.2) is 28.7 Å². The standard InChI is InChI=1S/C12H10FNO3/c1-7-10(6-11(15)16)14-12(17-7)8-4-2-3-5-9(8)13/h2-5H,6H2,1H3,(H,15,16). The van der Waals surface area contributed by atoms with Crippen LogP contribution in [0.1, 0.15) is 11.5 Å². The van der Waals surface area contributed by atoms with Gasteiger partial charge in [0.1, 0.15) is 11.6 Å². The van der Waals surface area contributed by atoms with Crippen molar-refractivity contribution in [1.29, 1.82) is 0 Å². The maximum Gasteiger partial charge on any atom is 0.309 e. The summed E-state index contributed by atoms with van der Waals surface area (Å²) in [4.78, 5) is 14.6. The molecule has 1 aromatic heterocycles. The normalized spacial score (nSPS) is 10.5. The number of rotatable bonds is 3. The van der Waals surface area contributed by atoms with Crippen LogP contribution in [0.3, 0.4) is 0 Å². The van der Waals surface area contributed by atoms with Crippen LogP contribution in [0.5, 0.6) is 0 Å². The molecule has 17 heavy (non-hydrogen) atoms. The molecular weight excluding hydrogens is 225 g/mol. The Morgan fingerprint density at radius 1 is 1.47 bits per heavy atom. The molecule has 0 aliphatic carbocycles. The number of aromatic nitrogens is 1. The molecule has 0 spiro atoms. The van der Waals surface area contributed by atoms with Gasteiger partial charge in [-0.2, -0.15) is 0 Å². The number of nitrogens with zero attached hydrogens (tertiary/aromatic N) is 1. The number of benzene rings is 1. The molecule has 0 fully saturated rings. The van der Waals surface area contributed by atoms with E-state index in [0.29, 0.717) is 11.5 Å². The lowest BCUT2D eigenvalue weighted by molar-refractivity contribution is -0.136. The molecule has 4 nitrogen and oxygen atoms in total. The Labute approximate surface area is 96.7 Å². The van der Waals surface area contributed by atoms with E-state index in [9.17, 15) is 9.18 Å². The lowest BCUT2D eigenvalue weighted by atomic mass is 10.2. The van der Waals surface area contributed by atoms with Crippen LogP contribution in [0, 0.1) is 12.7 Å². The second kappa shape index (κ2) is 4.37. The second-order valence-corrected chi connectivity index (χ2v) is 3.57. The van der Waals surface area contributed by atoms with Gasteiger partial charge in [0.2, 0.25) is 5.89 Å². The first-order valence-corrected chi connectivity index (χ1v) is 5.01. The van der Waals surface area contributed by atoms with E-state index >= 15 is 0 Å². The van der Waals surface area contributed by atoms with Crippen LogP contribution in [-0.4, -0.2) is 16.1 Å². The average molecular weight is 235 g/mol. The van der Waals surface area contributed by atoms with Crippen LogP contribution in [0.4, 0.5) is 4.39 Å². The van der Waals surface area contributed by atoms with Gasteiger partial charge >= 0.3 is 5.97 Å². The zero-order valence-corrected chi connectivity index (χ0v) is 9.11. The summed E-state index contributed by atoms with van der Waals surface area (Å²) in [5.41, 5.74) is 0.544. The van der Waals surface area contributed by atoms with Crippen LogP contribution >= 0.6 is 0 Å². The van der Waals surface area contributed by atoms with Crippen molar-refractivity contribution in [2.24, 2.45) is 0 Å². The fraction of sp³-hybridized carbons (Fsp3) is 0.167. The van der Waals surface area contributed by atoms with Gasteiger partial charge in [-0.3, -0.25) is 4.79 Å². The summed E-state index contributed by atoms with van der Waals surface area (Å²) in [5, 5.41) is 8.67.